The van der Waals surface area contributed by atoms with E-state index < -0.39 is 30.8 Å². The minimum absolute atomic E-state index is 0.0658. The van der Waals surface area contributed by atoms with Gasteiger partial charge < -0.3 is 26.2 Å². The molecular formula is C7H17NO4. The number of aliphatic hydroxyl groups excluding tert-OH is 4. The van der Waals surface area contributed by atoms with Gasteiger partial charge in [-0.2, -0.15) is 0 Å². The average molecular weight is 179 g/mol. The second-order valence-corrected chi connectivity index (χ2v) is 2.90. The van der Waals surface area contributed by atoms with Crippen molar-refractivity contribution in [2.75, 3.05) is 13.2 Å². The van der Waals surface area contributed by atoms with Gasteiger partial charge in [0.2, 0.25) is 0 Å². The predicted molar refractivity (Wildman–Crippen MR) is 43.3 cm³/mol. The first-order chi connectivity index (χ1) is 5.54. The van der Waals surface area contributed by atoms with Crippen LogP contribution >= 0.6 is 0 Å². The Bertz CT molecular complexity index is 108. The van der Waals surface area contributed by atoms with Crippen LogP contribution in [0.25, 0.3) is 0 Å². The Morgan fingerprint density at radius 1 is 1.17 bits per heavy atom. The van der Waals surface area contributed by atoms with Crippen molar-refractivity contribution >= 4 is 0 Å². The van der Waals surface area contributed by atoms with Gasteiger partial charge >= 0.3 is 0 Å². The molecule has 0 aromatic heterocycles. The van der Waals surface area contributed by atoms with Gasteiger partial charge in [0.15, 0.2) is 0 Å². The van der Waals surface area contributed by atoms with Crippen molar-refractivity contribution in [1.82, 2.24) is 0 Å². The van der Waals surface area contributed by atoms with Gasteiger partial charge in [0, 0.05) is 12.5 Å². The SMILES string of the molecule is C[C@H](C(O)CO)[C@H](O)C(O)CN. The van der Waals surface area contributed by atoms with Crippen LogP contribution in [0.15, 0.2) is 0 Å². The molecule has 0 aliphatic heterocycles. The van der Waals surface area contributed by atoms with E-state index in [9.17, 15) is 5.11 Å². The van der Waals surface area contributed by atoms with Crippen LogP contribution in [0.4, 0.5) is 0 Å². The van der Waals surface area contributed by atoms with Gasteiger partial charge in [0.1, 0.15) is 0 Å². The first-order valence-corrected chi connectivity index (χ1v) is 3.89. The summed E-state index contributed by atoms with van der Waals surface area (Å²) in [5.74, 6) is -0.589. The highest BCUT2D eigenvalue weighted by molar-refractivity contribution is 4.78. The van der Waals surface area contributed by atoms with Gasteiger partial charge in [0.25, 0.3) is 0 Å². The van der Waals surface area contributed by atoms with E-state index >= 15 is 0 Å². The molecule has 0 heterocycles. The summed E-state index contributed by atoms with van der Waals surface area (Å²) in [6.45, 7) is 1.03. The Kier molecular flexibility index (Phi) is 5.36. The fourth-order valence-corrected chi connectivity index (χ4v) is 0.884. The summed E-state index contributed by atoms with van der Waals surface area (Å²) in [7, 11) is 0. The molecule has 2 unspecified atom stereocenters. The maximum atomic E-state index is 9.29. The van der Waals surface area contributed by atoms with Crippen LogP contribution in [0.1, 0.15) is 6.92 Å². The van der Waals surface area contributed by atoms with Gasteiger partial charge in [-0.1, -0.05) is 6.92 Å². The number of aliphatic hydroxyl groups is 4. The van der Waals surface area contributed by atoms with Gasteiger partial charge in [-0.3, -0.25) is 0 Å². The molecule has 0 aromatic carbocycles. The molecule has 0 aliphatic carbocycles. The summed E-state index contributed by atoms with van der Waals surface area (Å²) >= 11 is 0. The molecule has 5 nitrogen and oxygen atoms in total. The van der Waals surface area contributed by atoms with Crippen LogP contribution in [0.5, 0.6) is 0 Å². The first kappa shape index (κ1) is 11.8. The number of nitrogens with two attached hydrogens (primary N) is 1. The molecule has 0 radical (unpaired) electrons. The summed E-state index contributed by atoms with van der Waals surface area (Å²) in [6.07, 6.45) is -3.18. The molecule has 74 valence electrons. The largest absolute Gasteiger partial charge is 0.394 e. The van der Waals surface area contributed by atoms with Gasteiger partial charge in [0.05, 0.1) is 24.9 Å². The Morgan fingerprint density at radius 2 is 1.67 bits per heavy atom. The van der Waals surface area contributed by atoms with E-state index in [-0.39, 0.29) is 6.54 Å². The topological polar surface area (TPSA) is 107 Å². The summed E-state index contributed by atoms with van der Waals surface area (Å²) < 4.78 is 0. The second-order valence-electron chi connectivity index (χ2n) is 2.90. The lowest BCUT2D eigenvalue weighted by Gasteiger charge is -2.25. The minimum atomic E-state index is -1.10. The van der Waals surface area contributed by atoms with Gasteiger partial charge in [-0.05, 0) is 0 Å². The molecule has 12 heavy (non-hydrogen) atoms. The van der Waals surface area contributed by atoms with Crippen LogP contribution in [0.3, 0.4) is 0 Å². The molecule has 0 saturated heterocycles. The molecule has 0 spiro atoms. The molecule has 5 heteroatoms. The van der Waals surface area contributed by atoms with Gasteiger partial charge in [-0.15, -0.1) is 0 Å². The lowest BCUT2D eigenvalue weighted by molar-refractivity contribution is -0.0601. The van der Waals surface area contributed by atoms with Crippen LogP contribution in [-0.2, 0) is 0 Å². The normalized spacial score (nSPS) is 21.5. The van der Waals surface area contributed by atoms with E-state index in [1.54, 1.807) is 0 Å². The third kappa shape index (κ3) is 3.04. The third-order valence-electron chi connectivity index (χ3n) is 1.97. The molecule has 0 amide bonds. The standard InChI is InChI=1S/C7H17NO4/c1-4(6(11)3-9)7(12)5(10)2-8/h4-7,9-12H,2-3,8H2,1H3/t4-,5?,6?,7+/m1/s1. The monoisotopic (exact) mass is 179 g/mol. The quantitative estimate of drug-likeness (QED) is 0.325. The summed E-state index contributed by atoms with van der Waals surface area (Å²) in [5.41, 5.74) is 5.10. The predicted octanol–water partition coefficient (Wildman–Crippen LogP) is -2.34. The van der Waals surface area contributed by atoms with E-state index in [2.05, 4.69) is 0 Å². The molecule has 0 bridgehead atoms. The van der Waals surface area contributed by atoms with E-state index in [0.717, 1.165) is 0 Å². The van der Waals surface area contributed by atoms with Gasteiger partial charge in [-0.25, -0.2) is 0 Å². The zero-order valence-corrected chi connectivity index (χ0v) is 7.09. The number of hydrogen-bond acceptors (Lipinski definition) is 5. The van der Waals surface area contributed by atoms with Crippen LogP contribution in [0.2, 0.25) is 0 Å². The van der Waals surface area contributed by atoms with Crippen molar-refractivity contribution in [2.24, 2.45) is 11.7 Å². The molecule has 6 N–H and O–H groups in total. The summed E-state index contributed by atoms with van der Waals surface area (Å²) in [4.78, 5) is 0. The van der Waals surface area contributed by atoms with E-state index in [4.69, 9.17) is 21.1 Å². The molecule has 4 atom stereocenters. The number of rotatable bonds is 5. The Hall–Kier alpha value is -0.200. The number of hydrogen-bond donors (Lipinski definition) is 5. The fourth-order valence-electron chi connectivity index (χ4n) is 0.884. The lowest BCUT2D eigenvalue weighted by atomic mass is 9.94. The highest BCUT2D eigenvalue weighted by Gasteiger charge is 2.26. The van der Waals surface area contributed by atoms with Crippen LogP contribution in [-0.4, -0.2) is 51.9 Å². The maximum absolute atomic E-state index is 9.29. The molecule has 0 aliphatic rings. The maximum Gasteiger partial charge on any atom is 0.0924 e. The second kappa shape index (κ2) is 5.45. The molecular weight excluding hydrogens is 162 g/mol. The van der Waals surface area contributed by atoms with Crippen molar-refractivity contribution in [2.45, 2.75) is 25.2 Å². The highest BCUT2D eigenvalue weighted by atomic mass is 16.3. The van der Waals surface area contributed by atoms with Crippen molar-refractivity contribution in [3.63, 3.8) is 0 Å². The van der Waals surface area contributed by atoms with E-state index in [1.165, 1.54) is 6.92 Å². The fraction of sp³-hybridized carbons (Fsp3) is 1.00. The smallest absolute Gasteiger partial charge is 0.0924 e. The average Bonchev–Trinajstić information content (AvgIpc) is 2.12. The lowest BCUT2D eigenvalue weighted by Crippen LogP contribution is -2.43. The van der Waals surface area contributed by atoms with Crippen molar-refractivity contribution in [3.05, 3.63) is 0 Å². The van der Waals surface area contributed by atoms with Crippen molar-refractivity contribution in [3.8, 4) is 0 Å². The van der Waals surface area contributed by atoms with Crippen molar-refractivity contribution in [1.29, 1.82) is 0 Å². The molecule has 0 aromatic rings. The summed E-state index contributed by atoms with van der Waals surface area (Å²) in [6, 6.07) is 0. The zero-order chi connectivity index (χ0) is 9.72. The molecule has 0 fully saturated rings. The molecule has 0 rings (SSSR count). The van der Waals surface area contributed by atoms with E-state index in [1.807, 2.05) is 0 Å². The Morgan fingerprint density at radius 3 is 2.00 bits per heavy atom. The third-order valence-corrected chi connectivity index (χ3v) is 1.97. The Labute approximate surface area is 71.4 Å². The minimum Gasteiger partial charge on any atom is -0.394 e. The van der Waals surface area contributed by atoms with Crippen molar-refractivity contribution < 1.29 is 20.4 Å². The highest BCUT2D eigenvalue weighted by Crippen LogP contribution is 2.11. The van der Waals surface area contributed by atoms with Crippen LogP contribution < -0.4 is 5.73 Å². The van der Waals surface area contributed by atoms with Crippen LogP contribution in [0, 0.1) is 5.92 Å². The molecule has 0 saturated carbocycles. The van der Waals surface area contributed by atoms with E-state index in [0.29, 0.717) is 0 Å². The Balaban J connectivity index is 3.99. The first-order valence-electron chi connectivity index (χ1n) is 3.89. The summed E-state index contributed by atoms with van der Waals surface area (Å²) in [5, 5.41) is 36.0. The zero-order valence-electron chi connectivity index (χ0n) is 7.09.